The van der Waals surface area contributed by atoms with Crippen molar-refractivity contribution in [2.24, 2.45) is 4.99 Å². The Morgan fingerprint density at radius 2 is 1.90 bits per heavy atom. The Balaban J connectivity index is 0.00000272. The number of aromatic hydroxyl groups is 1. The zero-order chi connectivity index (χ0) is 20.9. The van der Waals surface area contributed by atoms with Crippen molar-refractivity contribution < 1.29 is 9.90 Å². The van der Waals surface area contributed by atoms with Gasteiger partial charge in [-0.05, 0) is 62.6 Å². The van der Waals surface area contributed by atoms with Crippen molar-refractivity contribution in [3.05, 3.63) is 28.8 Å². The second kappa shape index (κ2) is 11.4. The van der Waals surface area contributed by atoms with Gasteiger partial charge < -0.3 is 20.6 Å². The van der Waals surface area contributed by atoms with Gasteiger partial charge in [0.05, 0.1) is 13.1 Å². The second-order valence-electron chi connectivity index (χ2n) is 8.68. The molecule has 3 aliphatic rings. The van der Waals surface area contributed by atoms with Crippen LogP contribution in [0.1, 0.15) is 49.3 Å². The smallest absolute Gasteiger partial charge is 0.234 e. The Hall–Kier alpha value is -1.55. The molecule has 0 atom stereocenters. The minimum atomic E-state index is 0. The van der Waals surface area contributed by atoms with Gasteiger partial charge in [-0.3, -0.25) is 9.69 Å². The molecule has 0 spiro atoms. The highest BCUT2D eigenvalue weighted by Gasteiger charge is 2.26. The highest BCUT2D eigenvalue weighted by Crippen LogP contribution is 2.31. The van der Waals surface area contributed by atoms with Crippen LogP contribution in [0.5, 0.6) is 5.75 Å². The van der Waals surface area contributed by atoms with Crippen LogP contribution in [0.3, 0.4) is 0 Å². The minimum absolute atomic E-state index is 0. The molecule has 2 aliphatic carbocycles. The molecule has 1 saturated carbocycles. The van der Waals surface area contributed by atoms with Gasteiger partial charge in [0.2, 0.25) is 5.91 Å². The van der Waals surface area contributed by atoms with Crippen LogP contribution in [0.4, 0.5) is 0 Å². The number of amides is 1. The van der Waals surface area contributed by atoms with Gasteiger partial charge in [0.15, 0.2) is 5.96 Å². The number of fused-ring (bicyclic) bond motifs is 1. The first-order valence-electron chi connectivity index (χ1n) is 11.5. The first-order valence-corrected chi connectivity index (χ1v) is 11.5. The van der Waals surface area contributed by atoms with Gasteiger partial charge in [0.25, 0.3) is 0 Å². The molecule has 0 radical (unpaired) electrons. The maximum Gasteiger partial charge on any atom is 0.234 e. The Bertz CT molecular complexity index is 788. The normalized spacial score (nSPS) is 19.4. The molecule has 1 heterocycles. The van der Waals surface area contributed by atoms with E-state index in [9.17, 15) is 9.90 Å². The molecule has 1 amide bonds. The lowest BCUT2D eigenvalue weighted by Gasteiger charge is -2.36. The van der Waals surface area contributed by atoms with Crippen LogP contribution in [-0.4, -0.2) is 72.1 Å². The van der Waals surface area contributed by atoms with E-state index in [0.717, 1.165) is 69.9 Å². The Labute approximate surface area is 202 Å². The van der Waals surface area contributed by atoms with Gasteiger partial charge in [0, 0.05) is 44.3 Å². The van der Waals surface area contributed by atoms with Crippen molar-refractivity contribution in [1.82, 2.24) is 20.4 Å². The highest BCUT2D eigenvalue weighted by atomic mass is 127. The zero-order valence-electron chi connectivity index (χ0n) is 18.5. The number of piperazine rings is 1. The molecule has 1 aliphatic heterocycles. The first-order chi connectivity index (χ1) is 14.6. The summed E-state index contributed by atoms with van der Waals surface area (Å²) in [4.78, 5) is 21.4. The van der Waals surface area contributed by atoms with Crippen LogP contribution >= 0.6 is 24.0 Å². The molecule has 4 rings (SSSR count). The molecule has 0 bridgehead atoms. The van der Waals surface area contributed by atoms with Gasteiger partial charge >= 0.3 is 0 Å². The molecule has 0 aromatic heterocycles. The number of halogens is 1. The fourth-order valence-corrected chi connectivity index (χ4v) is 4.47. The average molecular weight is 541 g/mol. The molecule has 1 saturated heterocycles. The largest absolute Gasteiger partial charge is 0.508 e. The Kier molecular flexibility index (Phi) is 8.83. The van der Waals surface area contributed by atoms with Gasteiger partial charge in [-0.15, -0.1) is 24.0 Å². The predicted octanol–water partition coefficient (Wildman–Crippen LogP) is 2.25. The number of phenols is 1. The third kappa shape index (κ3) is 6.47. The lowest BCUT2D eigenvalue weighted by Crippen LogP contribution is -2.54. The maximum absolute atomic E-state index is 12.1. The molecule has 1 aromatic carbocycles. The summed E-state index contributed by atoms with van der Waals surface area (Å²) in [5.41, 5.74) is 3.65. The standard InChI is InChI=1S/C23H35N5O2.HI/c1-2-24-23(25-15-20-19-6-4-3-5-17(19)7-10-21(20)29)28-13-11-27(12-14-28)16-22(30)26-18-8-9-18;/h7,10,18,29H,2-6,8-9,11-16H2,1H3,(H,24,25)(H,26,30);1H. The molecule has 7 nitrogen and oxygen atoms in total. The number of aliphatic imine (C=N–C) groups is 1. The number of nitrogens with one attached hydrogen (secondary N) is 2. The van der Waals surface area contributed by atoms with E-state index < -0.39 is 0 Å². The van der Waals surface area contributed by atoms with Gasteiger partial charge in [-0.1, -0.05) is 6.07 Å². The zero-order valence-corrected chi connectivity index (χ0v) is 20.9. The van der Waals surface area contributed by atoms with E-state index in [1.165, 1.54) is 24.0 Å². The number of nitrogens with zero attached hydrogens (tertiary/aromatic N) is 3. The molecule has 31 heavy (non-hydrogen) atoms. The van der Waals surface area contributed by atoms with E-state index in [2.05, 4.69) is 33.4 Å². The summed E-state index contributed by atoms with van der Waals surface area (Å²) in [6, 6.07) is 4.32. The minimum Gasteiger partial charge on any atom is -0.508 e. The number of benzene rings is 1. The number of aryl methyl sites for hydroxylation is 1. The summed E-state index contributed by atoms with van der Waals surface area (Å²) in [5, 5.41) is 16.9. The maximum atomic E-state index is 12.1. The van der Waals surface area contributed by atoms with Gasteiger partial charge in [-0.25, -0.2) is 4.99 Å². The number of hydrogen-bond donors (Lipinski definition) is 3. The van der Waals surface area contributed by atoms with Crippen LogP contribution in [0.25, 0.3) is 0 Å². The lowest BCUT2D eigenvalue weighted by molar-refractivity contribution is -0.122. The molecular formula is C23H36IN5O2. The van der Waals surface area contributed by atoms with E-state index >= 15 is 0 Å². The van der Waals surface area contributed by atoms with E-state index in [-0.39, 0.29) is 29.9 Å². The van der Waals surface area contributed by atoms with Crippen LogP contribution in [0, 0.1) is 0 Å². The molecule has 8 heteroatoms. The molecule has 0 unspecified atom stereocenters. The number of carbonyl (C=O) groups excluding carboxylic acids is 1. The van der Waals surface area contributed by atoms with E-state index in [0.29, 0.717) is 24.9 Å². The summed E-state index contributed by atoms with van der Waals surface area (Å²) in [6.45, 7) is 7.28. The van der Waals surface area contributed by atoms with E-state index in [1.54, 1.807) is 0 Å². The summed E-state index contributed by atoms with van der Waals surface area (Å²) >= 11 is 0. The molecule has 1 aromatic rings. The fourth-order valence-electron chi connectivity index (χ4n) is 4.47. The summed E-state index contributed by atoms with van der Waals surface area (Å²) in [7, 11) is 0. The highest BCUT2D eigenvalue weighted by molar-refractivity contribution is 14.0. The van der Waals surface area contributed by atoms with Crippen molar-refractivity contribution in [2.75, 3.05) is 39.3 Å². The van der Waals surface area contributed by atoms with Crippen molar-refractivity contribution in [3.63, 3.8) is 0 Å². The van der Waals surface area contributed by atoms with Crippen LogP contribution in [-0.2, 0) is 24.2 Å². The van der Waals surface area contributed by atoms with Crippen molar-refractivity contribution in [2.45, 2.75) is 58.0 Å². The monoisotopic (exact) mass is 541 g/mol. The summed E-state index contributed by atoms with van der Waals surface area (Å²) in [5.74, 6) is 1.41. The summed E-state index contributed by atoms with van der Waals surface area (Å²) in [6.07, 6.45) is 6.80. The Morgan fingerprint density at radius 3 is 2.61 bits per heavy atom. The SMILES string of the molecule is CCNC(=NCc1c(O)ccc2c1CCCC2)N1CCN(CC(=O)NC2CC2)CC1.I. The van der Waals surface area contributed by atoms with E-state index in [4.69, 9.17) is 4.99 Å². The van der Waals surface area contributed by atoms with E-state index in [1.807, 2.05) is 6.07 Å². The molecular weight excluding hydrogens is 505 g/mol. The third-order valence-corrected chi connectivity index (χ3v) is 6.33. The van der Waals surface area contributed by atoms with Crippen LogP contribution in [0.2, 0.25) is 0 Å². The van der Waals surface area contributed by atoms with Gasteiger partial charge in [0.1, 0.15) is 5.75 Å². The molecule has 3 N–H and O–H groups in total. The topological polar surface area (TPSA) is 80.2 Å². The van der Waals surface area contributed by atoms with Crippen molar-refractivity contribution >= 4 is 35.8 Å². The van der Waals surface area contributed by atoms with Crippen LogP contribution < -0.4 is 10.6 Å². The average Bonchev–Trinajstić information content (AvgIpc) is 3.56. The predicted molar refractivity (Wildman–Crippen MR) is 134 cm³/mol. The number of guanidine groups is 1. The lowest BCUT2D eigenvalue weighted by atomic mass is 9.88. The van der Waals surface area contributed by atoms with Crippen molar-refractivity contribution in [1.29, 1.82) is 0 Å². The molecule has 172 valence electrons. The van der Waals surface area contributed by atoms with Gasteiger partial charge in [-0.2, -0.15) is 0 Å². The fraction of sp³-hybridized carbons (Fsp3) is 0.652. The number of rotatable bonds is 6. The number of hydrogen-bond acceptors (Lipinski definition) is 4. The second-order valence-corrected chi connectivity index (χ2v) is 8.68. The number of phenolic OH excluding ortho intramolecular Hbond substituents is 1. The first kappa shape index (κ1) is 24.1. The Morgan fingerprint density at radius 1 is 1.16 bits per heavy atom. The van der Waals surface area contributed by atoms with Crippen LogP contribution in [0.15, 0.2) is 17.1 Å². The van der Waals surface area contributed by atoms with Crippen molar-refractivity contribution in [3.8, 4) is 5.75 Å². The quantitative estimate of drug-likeness (QED) is 0.293. The summed E-state index contributed by atoms with van der Waals surface area (Å²) < 4.78 is 0. The third-order valence-electron chi connectivity index (χ3n) is 6.33. The molecule has 2 fully saturated rings. The number of carbonyl (C=O) groups is 1.